The van der Waals surface area contributed by atoms with Gasteiger partial charge in [-0.15, -0.1) is 0 Å². The summed E-state index contributed by atoms with van der Waals surface area (Å²) in [4.78, 5) is 37.9. The summed E-state index contributed by atoms with van der Waals surface area (Å²) in [6, 6.07) is 8.69. The number of carbonyl (C=O) groups is 1. The number of hydrogen-bond acceptors (Lipinski definition) is 5. The predicted octanol–water partition coefficient (Wildman–Crippen LogP) is 0.619. The summed E-state index contributed by atoms with van der Waals surface area (Å²) in [5.74, 6) is 0.112. The highest BCUT2D eigenvalue weighted by molar-refractivity contribution is 5.93. The molecule has 26 heavy (non-hydrogen) atoms. The van der Waals surface area contributed by atoms with E-state index in [2.05, 4.69) is 10.6 Å². The molecule has 0 bridgehead atoms. The minimum Gasteiger partial charge on any atom is -0.340 e. The molecule has 2 aromatic rings. The Labute approximate surface area is 149 Å². The van der Waals surface area contributed by atoms with Crippen LogP contribution in [0, 0.1) is 11.3 Å². The molecule has 9 heteroatoms. The lowest BCUT2D eigenvalue weighted by atomic mass is 10.2. The minimum absolute atomic E-state index is 0.112. The van der Waals surface area contributed by atoms with E-state index >= 15 is 0 Å². The van der Waals surface area contributed by atoms with Crippen molar-refractivity contribution < 1.29 is 4.79 Å². The monoisotopic (exact) mass is 354 g/mol. The smallest absolute Gasteiger partial charge is 0.332 e. The van der Waals surface area contributed by atoms with Crippen molar-refractivity contribution in [1.82, 2.24) is 14.5 Å². The molecule has 9 nitrogen and oxygen atoms in total. The number of hydrogen-bond donors (Lipinski definition) is 2. The zero-order valence-corrected chi connectivity index (χ0v) is 14.4. The van der Waals surface area contributed by atoms with Crippen LogP contribution in [0.4, 0.5) is 22.0 Å². The van der Waals surface area contributed by atoms with Gasteiger partial charge in [-0.1, -0.05) is 6.07 Å². The van der Waals surface area contributed by atoms with Gasteiger partial charge in [-0.3, -0.25) is 18.8 Å². The highest BCUT2D eigenvalue weighted by Gasteiger charge is 2.20. The lowest BCUT2D eigenvalue weighted by Gasteiger charge is -2.27. The number of benzene rings is 1. The molecule has 0 saturated carbocycles. The van der Waals surface area contributed by atoms with Crippen LogP contribution in [0.5, 0.6) is 0 Å². The normalized spacial score (nSPS) is 13.9. The molecule has 0 spiro atoms. The van der Waals surface area contributed by atoms with Crippen LogP contribution in [0.1, 0.15) is 12.0 Å². The van der Waals surface area contributed by atoms with Crippen molar-refractivity contribution in [3.05, 3.63) is 50.7 Å². The van der Waals surface area contributed by atoms with Gasteiger partial charge in [-0.05, 0) is 24.6 Å². The van der Waals surface area contributed by atoms with Crippen LogP contribution in [0.25, 0.3) is 0 Å². The minimum atomic E-state index is -0.662. The molecule has 1 aliphatic heterocycles. The number of amides is 2. The van der Waals surface area contributed by atoms with Crippen LogP contribution >= 0.6 is 0 Å². The summed E-state index contributed by atoms with van der Waals surface area (Å²) in [7, 11) is 2.80. The van der Waals surface area contributed by atoms with Crippen molar-refractivity contribution >= 4 is 23.2 Å². The summed E-state index contributed by atoms with van der Waals surface area (Å²) in [6.45, 7) is 1.25. The fourth-order valence-corrected chi connectivity index (χ4v) is 2.86. The summed E-state index contributed by atoms with van der Waals surface area (Å²) >= 11 is 0. The molecule has 0 aliphatic carbocycles. The molecule has 134 valence electrons. The van der Waals surface area contributed by atoms with Crippen LogP contribution < -0.4 is 26.8 Å². The molecule has 1 aromatic carbocycles. The number of rotatable bonds is 3. The fourth-order valence-electron chi connectivity index (χ4n) is 2.86. The van der Waals surface area contributed by atoms with Gasteiger partial charge in [0.1, 0.15) is 11.9 Å². The van der Waals surface area contributed by atoms with E-state index in [0.717, 1.165) is 11.0 Å². The summed E-state index contributed by atoms with van der Waals surface area (Å²) in [5.41, 5.74) is -0.122. The van der Waals surface area contributed by atoms with E-state index in [9.17, 15) is 19.6 Å². The van der Waals surface area contributed by atoms with Gasteiger partial charge in [0.05, 0.1) is 0 Å². The van der Waals surface area contributed by atoms with Crippen LogP contribution in [0.15, 0.2) is 33.9 Å². The van der Waals surface area contributed by atoms with Crippen molar-refractivity contribution in [3.8, 4) is 6.07 Å². The lowest BCUT2D eigenvalue weighted by Crippen LogP contribution is -2.46. The maximum absolute atomic E-state index is 12.2. The molecule has 2 amide bonds. The van der Waals surface area contributed by atoms with Crippen molar-refractivity contribution in [2.45, 2.75) is 6.42 Å². The highest BCUT2D eigenvalue weighted by Crippen LogP contribution is 2.24. The third kappa shape index (κ3) is 2.93. The largest absolute Gasteiger partial charge is 0.340 e. The number of aromatic nitrogens is 2. The maximum atomic E-state index is 12.2. The average molecular weight is 354 g/mol. The molecule has 3 rings (SSSR count). The van der Waals surface area contributed by atoms with Crippen molar-refractivity contribution in [2.24, 2.45) is 14.1 Å². The molecule has 1 aliphatic rings. The van der Waals surface area contributed by atoms with Crippen molar-refractivity contribution in [2.75, 3.05) is 23.3 Å². The number of anilines is 3. The molecule has 0 atom stereocenters. The predicted molar refractivity (Wildman–Crippen MR) is 96.7 cm³/mol. The Kier molecular flexibility index (Phi) is 4.49. The second-order valence-electron chi connectivity index (χ2n) is 5.95. The molecule has 2 N–H and O–H groups in total. The molecular formula is C17H18N6O3. The van der Waals surface area contributed by atoms with E-state index in [4.69, 9.17) is 0 Å². The molecule has 0 unspecified atom stereocenters. The third-order valence-electron chi connectivity index (χ3n) is 4.28. The van der Waals surface area contributed by atoms with Gasteiger partial charge in [-0.2, -0.15) is 5.26 Å². The van der Waals surface area contributed by atoms with Gasteiger partial charge in [0, 0.05) is 38.6 Å². The van der Waals surface area contributed by atoms with Crippen LogP contribution in [0.2, 0.25) is 0 Å². The Bertz CT molecular complexity index is 1030. The Morgan fingerprint density at radius 2 is 1.96 bits per heavy atom. The van der Waals surface area contributed by atoms with E-state index in [-0.39, 0.29) is 17.4 Å². The summed E-state index contributed by atoms with van der Waals surface area (Å²) in [6.07, 6.45) is 0.838. The highest BCUT2D eigenvalue weighted by atomic mass is 16.2. The molecule has 1 fully saturated rings. The second kappa shape index (κ2) is 6.76. The lowest BCUT2D eigenvalue weighted by molar-refractivity contribution is 0.243. The van der Waals surface area contributed by atoms with Crippen LogP contribution in [-0.2, 0) is 14.1 Å². The Balaban J connectivity index is 2.02. The standard InChI is InChI=1S/C17H18N6O3/c1-21-14(13(10-18)15(24)22(2)17(21)26)20-11-5-3-6-12(9-11)23-8-4-7-19-16(23)25/h3,5-6,9,20H,4,7-8H2,1-2H3,(H,19,25). The van der Waals surface area contributed by atoms with Gasteiger partial charge in [0.2, 0.25) is 0 Å². The third-order valence-corrected chi connectivity index (χ3v) is 4.28. The molecule has 1 aromatic heterocycles. The van der Waals surface area contributed by atoms with Gasteiger partial charge in [0.15, 0.2) is 5.56 Å². The fraction of sp³-hybridized carbons (Fsp3) is 0.294. The van der Waals surface area contributed by atoms with Crippen molar-refractivity contribution in [3.63, 3.8) is 0 Å². The van der Waals surface area contributed by atoms with E-state index in [1.165, 1.54) is 18.7 Å². The zero-order valence-electron chi connectivity index (χ0n) is 14.4. The zero-order chi connectivity index (χ0) is 18.8. The van der Waals surface area contributed by atoms with Crippen LogP contribution in [-0.4, -0.2) is 28.3 Å². The van der Waals surface area contributed by atoms with E-state index in [1.807, 2.05) is 6.07 Å². The summed E-state index contributed by atoms with van der Waals surface area (Å²) < 4.78 is 2.10. The van der Waals surface area contributed by atoms with Crippen molar-refractivity contribution in [1.29, 1.82) is 5.26 Å². The quantitative estimate of drug-likeness (QED) is 0.839. The topological polar surface area (TPSA) is 112 Å². The van der Waals surface area contributed by atoms with Gasteiger partial charge < -0.3 is 10.6 Å². The number of nitrogens with one attached hydrogen (secondary N) is 2. The van der Waals surface area contributed by atoms with E-state index in [0.29, 0.717) is 24.5 Å². The first-order valence-corrected chi connectivity index (χ1v) is 8.06. The first-order valence-electron chi connectivity index (χ1n) is 8.06. The Morgan fingerprint density at radius 3 is 2.65 bits per heavy atom. The number of nitrogens with zero attached hydrogens (tertiary/aromatic N) is 4. The number of urea groups is 1. The van der Waals surface area contributed by atoms with E-state index in [1.54, 1.807) is 29.2 Å². The molecular weight excluding hydrogens is 336 g/mol. The molecule has 2 heterocycles. The SMILES string of the molecule is Cn1c(Nc2cccc(N3CCCNC3=O)c2)c(C#N)c(=O)n(C)c1=O. The first-order chi connectivity index (χ1) is 12.4. The van der Waals surface area contributed by atoms with Crippen LogP contribution in [0.3, 0.4) is 0 Å². The first kappa shape index (κ1) is 17.3. The Morgan fingerprint density at radius 1 is 1.19 bits per heavy atom. The number of nitriles is 1. The summed E-state index contributed by atoms with van der Waals surface area (Å²) in [5, 5.41) is 15.1. The number of carbonyl (C=O) groups excluding carboxylic acids is 1. The average Bonchev–Trinajstić information content (AvgIpc) is 2.65. The molecule has 1 saturated heterocycles. The second-order valence-corrected chi connectivity index (χ2v) is 5.95. The maximum Gasteiger partial charge on any atom is 0.332 e. The van der Waals surface area contributed by atoms with Gasteiger partial charge in [0.25, 0.3) is 5.56 Å². The molecule has 0 radical (unpaired) electrons. The van der Waals surface area contributed by atoms with E-state index < -0.39 is 11.2 Å². The van der Waals surface area contributed by atoms with Gasteiger partial charge in [-0.25, -0.2) is 9.59 Å². The van der Waals surface area contributed by atoms with Gasteiger partial charge >= 0.3 is 11.7 Å². The Hall–Kier alpha value is -3.54.